The Bertz CT molecular complexity index is 564. The highest BCUT2D eigenvalue weighted by molar-refractivity contribution is 9.10. The second kappa shape index (κ2) is 3.37. The number of nitrogens with zero attached hydrogens (tertiary/aromatic N) is 2. The molecule has 0 aliphatic heterocycles. The van der Waals surface area contributed by atoms with E-state index in [4.69, 9.17) is 11.6 Å². The minimum absolute atomic E-state index is 0.208. The zero-order valence-corrected chi connectivity index (χ0v) is 9.63. The number of fused-ring (bicyclic) bond motifs is 1. The molecular weight excluding hydrogens is 267 g/mol. The van der Waals surface area contributed by atoms with Crippen molar-refractivity contribution in [1.82, 2.24) is 9.38 Å². The van der Waals surface area contributed by atoms with Crippen molar-refractivity contribution >= 4 is 33.0 Å². The molecule has 0 N–H and O–H groups in total. The summed E-state index contributed by atoms with van der Waals surface area (Å²) in [6, 6.07) is 3.57. The molecular formula is C9H6BrClN2O. The number of hydrogen-bond donors (Lipinski definition) is 0. The third-order valence-corrected chi connectivity index (χ3v) is 2.68. The maximum absolute atomic E-state index is 11.5. The van der Waals surface area contributed by atoms with E-state index in [2.05, 4.69) is 20.9 Å². The van der Waals surface area contributed by atoms with E-state index in [1.807, 2.05) is 13.0 Å². The lowest BCUT2D eigenvalue weighted by Gasteiger charge is -2.03. The van der Waals surface area contributed by atoms with Crippen LogP contribution in [-0.4, -0.2) is 9.38 Å². The largest absolute Gasteiger partial charge is 0.353 e. The van der Waals surface area contributed by atoms with E-state index in [0.717, 1.165) is 15.6 Å². The molecule has 0 saturated carbocycles. The van der Waals surface area contributed by atoms with Gasteiger partial charge >= 0.3 is 5.69 Å². The van der Waals surface area contributed by atoms with Crippen LogP contribution in [0.15, 0.2) is 27.6 Å². The minimum atomic E-state index is -0.364. The smallest absolute Gasteiger partial charge is 0.266 e. The predicted molar refractivity (Wildman–Crippen MR) is 58.9 cm³/mol. The summed E-state index contributed by atoms with van der Waals surface area (Å²) in [6.45, 7) is 1.91. The summed E-state index contributed by atoms with van der Waals surface area (Å²) in [5.74, 6) is 0. The van der Waals surface area contributed by atoms with Gasteiger partial charge in [-0.25, -0.2) is 4.79 Å². The van der Waals surface area contributed by atoms with Crippen molar-refractivity contribution in [2.45, 2.75) is 6.92 Å². The fraction of sp³-hybridized carbons (Fsp3) is 0.111. The van der Waals surface area contributed by atoms with Gasteiger partial charge in [-0.2, -0.15) is 4.98 Å². The molecule has 2 rings (SSSR count). The van der Waals surface area contributed by atoms with Gasteiger partial charge in [0.05, 0.1) is 5.52 Å². The average molecular weight is 274 g/mol. The van der Waals surface area contributed by atoms with Crippen LogP contribution in [0.3, 0.4) is 0 Å². The van der Waals surface area contributed by atoms with Gasteiger partial charge in [-0.3, -0.25) is 4.40 Å². The third kappa shape index (κ3) is 1.55. The van der Waals surface area contributed by atoms with Crippen LogP contribution in [0.5, 0.6) is 0 Å². The first kappa shape index (κ1) is 9.68. The number of aromatic nitrogens is 2. The van der Waals surface area contributed by atoms with Crippen LogP contribution in [0, 0.1) is 6.92 Å². The summed E-state index contributed by atoms with van der Waals surface area (Å²) < 4.78 is 2.30. The summed E-state index contributed by atoms with van der Waals surface area (Å²) in [4.78, 5) is 15.1. The maximum Gasteiger partial charge on any atom is 0.353 e. The number of halogens is 2. The third-order valence-electron chi connectivity index (χ3n) is 1.86. The van der Waals surface area contributed by atoms with Crippen molar-refractivity contribution in [3.63, 3.8) is 0 Å². The predicted octanol–water partition coefficient (Wildman–Crippen LogP) is 2.42. The van der Waals surface area contributed by atoms with Crippen molar-refractivity contribution in [3.05, 3.63) is 44.0 Å². The quantitative estimate of drug-likeness (QED) is 0.691. The van der Waals surface area contributed by atoms with Gasteiger partial charge in [-0.1, -0.05) is 11.6 Å². The second-order valence-electron chi connectivity index (χ2n) is 2.98. The molecule has 0 bridgehead atoms. The van der Waals surface area contributed by atoms with E-state index >= 15 is 0 Å². The van der Waals surface area contributed by atoms with Gasteiger partial charge in [0.1, 0.15) is 5.15 Å². The van der Waals surface area contributed by atoms with Crippen LogP contribution in [-0.2, 0) is 0 Å². The fourth-order valence-corrected chi connectivity index (χ4v) is 2.13. The highest BCUT2D eigenvalue weighted by Crippen LogP contribution is 2.19. The molecule has 2 heterocycles. The van der Waals surface area contributed by atoms with Crippen LogP contribution in [0.4, 0.5) is 0 Å². The second-order valence-corrected chi connectivity index (χ2v) is 4.22. The Kier molecular flexibility index (Phi) is 2.33. The van der Waals surface area contributed by atoms with Gasteiger partial charge in [0.2, 0.25) is 0 Å². The molecule has 0 aliphatic rings. The molecule has 0 amide bonds. The Morgan fingerprint density at radius 3 is 2.93 bits per heavy atom. The van der Waals surface area contributed by atoms with Gasteiger partial charge in [0.15, 0.2) is 0 Å². The molecule has 0 fully saturated rings. The Morgan fingerprint density at radius 2 is 2.21 bits per heavy atom. The van der Waals surface area contributed by atoms with Gasteiger partial charge in [0, 0.05) is 16.7 Å². The fourth-order valence-electron chi connectivity index (χ4n) is 1.29. The molecule has 3 nitrogen and oxygen atoms in total. The molecule has 14 heavy (non-hydrogen) atoms. The molecule has 72 valence electrons. The standard InChI is InChI=1S/C9H6BrClN2O/c1-5-2-6(10)7-3-8(11)12-9(14)13(7)4-5/h2-4H,1H3. The number of rotatable bonds is 0. The first-order chi connectivity index (χ1) is 6.58. The Labute approximate surface area is 93.5 Å². The van der Waals surface area contributed by atoms with Crippen molar-refractivity contribution in [3.8, 4) is 0 Å². The molecule has 5 heteroatoms. The lowest BCUT2D eigenvalue weighted by Crippen LogP contribution is -2.17. The summed E-state index contributed by atoms with van der Waals surface area (Å²) in [6.07, 6.45) is 1.73. The van der Waals surface area contributed by atoms with E-state index < -0.39 is 0 Å². The summed E-state index contributed by atoms with van der Waals surface area (Å²) in [7, 11) is 0. The van der Waals surface area contributed by atoms with E-state index in [0.29, 0.717) is 0 Å². The number of pyridine rings is 1. The van der Waals surface area contributed by atoms with Crippen LogP contribution in [0.1, 0.15) is 5.56 Å². The van der Waals surface area contributed by atoms with Crippen LogP contribution < -0.4 is 5.69 Å². The van der Waals surface area contributed by atoms with Gasteiger partial charge in [-0.15, -0.1) is 0 Å². The topological polar surface area (TPSA) is 34.4 Å². The lowest BCUT2D eigenvalue weighted by molar-refractivity contribution is 0.981. The van der Waals surface area contributed by atoms with Gasteiger partial charge in [0.25, 0.3) is 0 Å². The normalized spacial score (nSPS) is 10.8. The highest BCUT2D eigenvalue weighted by atomic mass is 79.9. The van der Waals surface area contributed by atoms with Crippen molar-refractivity contribution in [2.75, 3.05) is 0 Å². The first-order valence-corrected chi connectivity index (χ1v) is 5.10. The van der Waals surface area contributed by atoms with E-state index in [1.165, 1.54) is 4.40 Å². The zero-order chi connectivity index (χ0) is 10.3. The van der Waals surface area contributed by atoms with Gasteiger partial charge in [-0.05, 0) is 34.5 Å². The van der Waals surface area contributed by atoms with Crippen molar-refractivity contribution in [2.24, 2.45) is 0 Å². The zero-order valence-electron chi connectivity index (χ0n) is 7.29. The SMILES string of the molecule is Cc1cc(Br)c2cc(Cl)nc(=O)n2c1. The maximum atomic E-state index is 11.5. The molecule has 2 aromatic heterocycles. The molecule has 0 aromatic carbocycles. The number of aryl methyl sites for hydroxylation is 1. The number of hydrogen-bond acceptors (Lipinski definition) is 2. The Hall–Kier alpha value is -0.870. The molecule has 0 aliphatic carbocycles. The van der Waals surface area contributed by atoms with E-state index in [9.17, 15) is 4.79 Å². The van der Waals surface area contributed by atoms with Crippen LogP contribution >= 0.6 is 27.5 Å². The molecule has 0 radical (unpaired) electrons. The van der Waals surface area contributed by atoms with E-state index in [-0.39, 0.29) is 10.8 Å². The molecule has 0 atom stereocenters. The Morgan fingerprint density at radius 1 is 1.50 bits per heavy atom. The molecule has 0 unspecified atom stereocenters. The molecule has 2 aromatic rings. The lowest BCUT2D eigenvalue weighted by atomic mass is 10.3. The average Bonchev–Trinajstić information content (AvgIpc) is 2.07. The molecule has 0 saturated heterocycles. The highest BCUT2D eigenvalue weighted by Gasteiger charge is 2.04. The first-order valence-electron chi connectivity index (χ1n) is 3.93. The van der Waals surface area contributed by atoms with Crippen LogP contribution in [0.2, 0.25) is 5.15 Å². The van der Waals surface area contributed by atoms with Crippen molar-refractivity contribution < 1.29 is 0 Å². The monoisotopic (exact) mass is 272 g/mol. The Balaban J connectivity index is 3.02. The van der Waals surface area contributed by atoms with Crippen molar-refractivity contribution in [1.29, 1.82) is 0 Å². The summed E-state index contributed by atoms with van der Waals surface area (Å²) in [5, 5.41) is 0.208. The molecule has 0 spiro atoms. The van der Waals surface area contributed by atoms with Crippen LogP contribution in [0.25, 0.3) is 5.52 Å². The summed E-state index contributed by atoms with van der Waals surface area (Å²) in [5.41, 5.74) is 1.34. The minimum Gasteiger partial charge on any atom is -0.266 e. The summed E-state index contributed by atoms with van der Waals surface area (Å²) >= 11 is 9.06. The van der Waals surface area contributed by atoms with Gasteiger partial charge < -0.3 is 0 Å². The van der Waals surface area contributed by atoms with E-state index in [1.54, 1.807) is 12.3 Å².